The number of likely N-dealkylation sites (N-methyl/N-ethyl adjacent to an activating group) is 1. The lowest BCUT2D eigenvalue weighted by molar-refractivity contribution is -0.138. The van der Waals surface area contributed by atoms with Crippen molar-refractivity contribution in [2.45, 2.75) is 25.2 Å². The summed E-state index contributed by atoms with van der Waals surface area (Å²) in [4.78, 5) is 33.8. The summed E-state index contributed by atoms with van der Waals surface area (Å²) in [7, 11) is 3.98. The molecule has 0 aliphatic carbocycles. The van der Waals surface area contributed by atoms with Crippen molar-refractivity contribution in [3.8, 4) is 11.1 Å². The maximum absolute atomic E-state index is 15.0. The quantitative estimate of drug-likeness (QED) is 0.399. The number of aromatic nitrogens is 1. The Balaban J connectivity index is 1.65. The number of H-pyrrole nitrogens is 1. The van der Waals surface area contributed by atoms with Crippen LogP contribution in [0.1, 0.15) is 27.9 Å². The highest BCUT2D eigenvalue weighted by Gasteiger charge is 2.36. The Kier molecular flexibility index (Phi) is 8.67. The van der Waals surface area contributed by atoms with E-state index < -0.39 is 34.6 Å². The van der Waals surface area contributed by atoms with Crippen LogP contribution in [0.25, 0.3) is 11.1 Å². The highest BCUT2D eigenvalue weighted by atomic mass is 19.4. The van der Waals surface area contributed by atoms with Gasteiger partial charge in [-0.1, -0.05) is 18.2 Å². The van der Waals surface area contributed by atoms with Crippen molar-refractivity contribution in [2.75, 3.05) is 63.7 Å². The topological polar surface area (TPSA) is 80.9 Å². The van der Waals surface area contributed by atoms with Gasteiger partial charge in [0.15, 0.2) is 0 Å². The number of nitrogens with one attached hydrogen (secondary N) is 2. The minimum atomic E-state index is -4.92. The third-order valence-corrected chi connectivity index (χ3v) is 7.80. The van der Waals surface area contributed by atoms with Gasteiger partial charge in [0.25, 0.3) is 5.91 Å². The van der Waals surface area contributed by atoms with E-state index in [0.29, 0.717) is 68.8 Å². The van der Waals surface area contributed by atoms with E-state index in [1.54, 1.807) is 24.3 Å². The van der Waals surface area contributed by atoms with Gasteiger partial charge in [-0.2, -0.15) is 13.2 Å². The fourth-order valence-corrected chi connectivity index (χ4v) is 5.58. The van der Waals surface area contributed by atoms with E-state index in [1.165, 1.54) is 6.07 Å². The zero-order valence-electron chi connectivity index (χ0n) is 23.4. The number of carbonyl (C=O) groups is 1. The van der Waals surface area contributed by atoms with Crippen molar-refractivity contribution in [1.82, 2.24) is 14.8 Å². The first-order chi connectivity index (χ1) is 20.0. The molecule has 2 aliphatic heterocycles. The molecule has 1 atom stereocenters. The monoisotopic (exact) mass is 587 g/mol. The molecule has 2 aliphatic rings. The Hall–Kier alpha value is -3.74. The molecule has 8 nitrogen and oxygen atoms in total. The first-order valence-corrected chi connectivity index (χ1v) is 13.8. The van der Waals surface area contributed by atoms with Crippen LogP contribution in [0.2, 0.25) is 0 Å². The van der Waals surface area contributed by atoms with Crippen molar-refractivity contribution in [3.05, 3.63) is 81.5 Å². The molecule has 42 heavy (non-hydrogen) atoms. The number of rotatable bonds is 7. The van der Waals surface area contributed by atoms with E-state index >= 15 is 0 Å². The highest BCUT2D eigenvalue weighted by molar-refractivity contribution is 6.07. The normalized spacial score (nSPS) is 18.1. The second-order valence-corrected chi connectivity index (χ2v) is 10.8. The summed E-state index contributed by atoms with van der Waals surface area (Å²) in [5.74, 6) is -1.50. The predicted molar refractivity (Wildman–Crippen MR) is 152 cm³/mol. The zero-order chi connectivity index (χ0) is 30.0. The van der Waals surface area contributed by atoms with Crippen LogP contribution in [0.3, 0.4) is 0 Å². The fraction of sp³-hybridized carbons (Fsp3) is 0.400. The number of aromatic amines is 1. The molecular weight excluding hydrogens is 554 g/mol. The number of halogens is 4. The van der Waals surface area contributed by atoms with Crippen molar-refractivity contribution in [3.63, 3.8) is 0 Å². The average molecular weight is 588 g/mol. The number of morpholine rings is 1. The largest absolute Gasteiger partial charge is 0.417 e. The van der Waals surface area contributed by atoms with E-state index in [1.807, 2.05) is 20.2 Å². The molecule has 5 rings (SSSR count). The van der Waals surface area contributed by atoms with Crippen LogP contribution < -0.4 is 15.8 Å². The maximum Gasteiger partial charge on any atom is 0.417 e. The Morgan fingerprint density at radius 2 is 1.86 bits per heavy atom. The molecule has 1 aromatic heterocycles. The standard InChI is InChI=1S/C30H33F4N5O3/c1-37(2)21-7-8-39(18-21)28-20(17-38-9-11-42-12-10-38)13-19(22-5-3-4-6-25(22)31)14-26(28)36-29(41)23-16-35-27(40)15-24(23)30(32,33)34/h3-6,13-16,21H,7-12,17-18H2,1-2H3,(H,35,40)(H,36,41). The van der Waals surface area contributed by atoms with E-state index in [2.05, 4.69) is 25.0 Å². The number of anilines is 2. The molecule has 3 aromatic rings. The number of hydrogen-bond donors (Lipinski definition) is 2. The Bertz CT molecular complexity index is 1500. The Labute approximate surface area is 240 Å². The molecule has 1 unspecified atom stereocenters. The van der Waals surface area contributed by atoms with Gasteiger partial charge in [0, 0.05) is 56.6 Å². The summed E-state index contributed by atoms with van der Waals surface area (Å²) in [5.41, 5.74) is -0.484. The predicted octanol–water partition coefficient (Wildman–Crippen LogP) is 4.42. The first kappa shape index (κ1) is 29.7. The van der Waals surface area contributed by atoms with Gasteiger partial charge in [0.1, 0.15) is 5.82 Å². The van der Waals surface area contributed by atoms with Crippen LogP contribution in [0.15, 0.2) is 53.5 Å². The third kappa shape index (κ3) is 6.50. The van der Waals surface area contributed by atoms with Crippen molar-refractivity contribution < 1.29 is 27.1 Å². The van der Waals surface area contributed by atoms with Crippen LogP contribution in [0.4, 0.5) is 28.9 Å². The van der Waals surface area contributed by atoms with Crippen molar-refractivity contribution >= 4 is 17.3 Å². The van der Waals surface area contributed by atoms with Gasteiger partial charge in [-0.15, -0.1) is 0 Å². The van der Waals surface area contributed by atoms with Crippen LogP contribution >= 0.6 is 0 Å². The Morgan fingerprint density at radius 1 is 1.12 bits per heavy atom. The van der Waals surface area contributed by atoms with Gasteiger partial charge >= 0.3 is 6.18 Å². The van der Waals surface area contributed by atoms with E-state index in [0.717, 1.165) is 18.2 Å². The number of benzene rings is 2. The molecule has 224 valence electrons. The van der Waals surface area contributed by atoms with Crippen LogP contribution in [0, 0.1) is 5.82 Å². The van der Waals surface area contributed by atoms with Gasteiger partial charge in [0.2, 0.25) is 5.56 Å². The molecule has 2 saturated heterocycles. The number of nitrogens with zero attached hydrogens (tertiary/aromatic N) is 3. The lowest BCUT2D eigenvalue weighted by atomic mass is 9.98. The van der Waals surface area contributed by atoms with Gasteiger partial charge in [0.05, 0.1) is 35.7 Å². The third-order valence-electron chi connectivity index (χ3n) is 7.80. The highest BCUT2D eigenvalue weighted by Crippen LogP contribution is 2.40. The Morgan fingerprint density at radius 3 is 2.52 bits per heavy atom. The molecule has 2 N–H and O–H groups in total. The number of ether oxygens (including phenoxy) is 1. The first-order valence-electron chi connectivity index (χ1n) is 13.8. The van der Waals surface area contributed by atoms with Gasteiger partial charge in [-0.05, 0) is 49.8 Å². The number of amides is 1. The fourth-order valence-electron chi connectivity index (χ4n) is 5.58. The van der Waals surface area contributed by atoms with E-state index in [4.69, 9.17) is 4.74 Å². The lowest BCUT2D eigenvalue weighted by Gasteiger charge is -2.31. The molecule has 2 aromatic carbocycles. The summed E-state index contributed by atoms with van der Waals surface area (Å²) >= 11 is 0. The molecule has 2 fully saturated rings. The van der Waals surface area contributed by atoms with Gasteiger partial charge in [-0.3, -0.25) is 14.5 Å². The summed E-state index contributed by atoms with van der Waals surface area (Å²) in [6.07, 6.45) is -3.30. The summed E-state index contributed by atoms with van der Waals surface area (Å²) in [6, 6.07) is 10.3. The molecule has 0 radical (unpaired) electrons. The molecule has 3 heterocycles. The molecule has 0 bridgehead atoms. The molecule has 1 amide bonds. The summed E-state index contributed by atoms with van der Waals surface area (Å²) in [6.45, 7) is 4.25. The summed E-state index contributed by atoms with van der Waals surface area (Å²) < 4.78 is 62.0. The van der Waals surface area contributed by atoms with Gasteiger partial charge in [-0.25, -0.2) is 4.39 Å². The lowest BCUT2D eigenvalue weighted by Crippen LogP contribution is -2.37. The number of alkyl halides is 3. The van der Waals surface area contributed by atoms with E-state index in [9.17, 15) is 27.2 Å². The minimum Gasteiger partial charge on any atom is -0.379 e. The number of pyridine rings is 1. The van der Waals surface area contributed by atoms with Gasteiger partial charge < -0.3 is 24.8 Å². The molecular formula is C30H33F4N5O3. The number of hydrogen-bond acceptors (Lipinski definition) is 6. The smallest absolute Gasteiger partial charge is 0.379 e. The van der Waals surface area contributed by atoms with Crippen LogP contribution in [0.5, 0.6) is 0 Å². The number of carbonyl (C=O) groups excluding carboxylic acids is 1. The molecule has 0 saturated carbocycles. The SMILES string of the molecule is CN(C)C1CCN(c2c(CN3CCOCC3)cc(-c3ccccc3F)cc2NC(=O)c2c[nH]c(=O)cc2C(F)(F)F)C1. The molecule has 0 spiro atoms. The minimum absolute atomic E-state index is 0.229. The zero-order valence-corrected chi connectivity index (χ0v) is 23.4. The molecule has 12 heteroatoms. The van der Waals surface area contributed by atoms with Crippen LogP contribution in [-0.4, -0.2) is 80.2 Å². The summed E-state index contributed by atoms with van der Waals surface area (Å²) in [5, 5.41) is 2.71. The maximum atomic E-state index is 15.0. The second kappa shape index (κ2) is 12.2. The van der Waals surface area contributed by atoms with Crippen LogP contribution in [-0.2, 0) is 17.5 Å². The van der Waals surface area contributed by atoms with Crippen molar-refractivity contribution in [1.29, 1.82) is 0 Å². The van der Waals surface area contributed by atoms with Crippen molar-refractivity contribution in [2.24, 2.45) is 0 Å². The van der Waals surface area contributed by atoms with E-state index in [-0.39, 0.29) is 11.7 Å². The second-order valence-electron chi connectivity index (χ2n) is 10.8. The average Bonchev–Trinajstić information content (AvgIpc) is 3.43.